The lowest BCUT2D eigenvalue weighted by molar-refractivity contribution is 0.284. The largest absolute Gasteiger partial charge is 0.489 e. The first-order chi connectivity index (χ1) is 7.38. The van der Waals surface area contributed by atoms with Crippen LogP contribution in [0.5, 0.6) is 5.75 Å². The number of hydrogen-bond donors (Lipinski definition) is 2. The van der Waals surface area contributed by atoms with Gasteiger partial charge in [0.25, 0.3) is 0 Å². The Morgan fingerprint density at radius 1 is 1.38 bits per heavy atom. The number of ether oxygens (including phenoxy) is 1. The minimum absolute atomic E-state index is 0.0434. The highest BCUT2D eigenvalue weighted by atomic mass is 16.5. The van der Waals surface area contributed by atoms with E-state index in [1.54, 1.807) is 0 Å². The molecule has 0 aromatic heterocycles. The van der Waals surface area contributed by atoms with Gasteiger partial charge in [-0.25, -0.2) is 0 Å². The monoisotopic (exact) mass is 220 g/mol. The summed E-state index contributed by atoms with van der Waals surface area (Å²) >= 11 is 0. The summed E-state index contributed by atoms with van der Waals surface area (Å²) in [6.45, 7) is 9.32. The van der Waals surface area contributed by atoms with E-state index in [4.69, 9.17) is 10.5 Å². The van der Waals surface area contributed by atoms with Gasteiger partial charge in [0.05, 0.1) is 11.7 Å². The summed E-state index contributed by atoms with van der Waals surface area (Å²) in [6, 6.07) is 4.29. The molecule has 88 valence electrons. The molecule has 0 radical (unpaired) electrons. The van der Waals surface area contributed by atoms with Crippen LogP contribution in [-0.4, -0.2) is 12.6 Å². The Balaban J connectivity index is 2.54. The van der Waals surface area contributed by atoms with E-state index in [9.17, 15) is 0 Å². The Morgan fingerprint density at radius 3 is 2.69 bits per heavy atom. The predicted octanol–water partition coefficient (Wildman–Crippen LogP) is 2.76. The molecule has 16 heavy (non-hydrogen) atoms. The number of anilines is 2. The third kappa shape index (κ3) is 1.94. The lowest BCUT2D eigenvalue weighted by Gasteiger charge is -2.31. The SMILES string of the molecule is CC1COc2c(cc(N)cc2C(C)(C)C)N1. The zero-order valence-corrected chi connectivity index (χ0v) is 10.4. The van der Waals surface area contributed by atoms with Crippen molar-refractivity contribution in [1.29, 1.82) is 0 Å². The first-order valence-corrected chi connectivity index (χ1v) is 5.71. The van der Waals surface area contributed by atoms with Gasteiger partial charge >= 0.3 is 0 Å². The first kappa shape index (κ1) is 11.1. The summed E-state index contributed by atoms with van der Waals surface area (Å²) in [4.78, 5) is 0. The third-order valence-corrected chi connectivity index (χ3v) is 2.80. The maximum Gasteiger partial charge on any atom is 0.146 e. The van der Waals surface area contributed by atoms with Crippen LogP contribution in [0.25, 0.3) is 0 Å². The number of rotatable bonds is 0. The topological polar surface area (TPSA) is 47.3 Å². The second kappa shape index (κ2) is 3.58. The quantitative estimate of drug-likeness (QED) is 0.661. The normalized spacial score (nSPS) is 19.6. The number of nitrogens with two attached hydrogens (primary N) is 1. The van der Waals surface area contributed by atoms with Crippen LogP contribution < -0.4 is 15.8 Å². The highest BCUT2D eigenvalue weighted by molar-refractivity contribution is 5.69. The van der Waals surface area contributed by atoms with Crippen molar-refractivity contribution in [2.45, 2.75) is 39.2 Å². The number of hydrogen-bond acceptors (Lipinski definition) is 3. The molecule has 1 aliphatic heterocycles. The van der Waals surface area contributed by atoms with Gasteiger partial charge in [0.1, 0.15) is 12.4 Å². The zero-order valence-electron chi connectivity index (χ0n) is 10.4. The highest BCUT2D eigenvalue weighted by Crippen LogP contribution is 2.41. The molecule has 3 N–H and O–H groups in total. The lowest BCUT2D eigenvalue weighted by atomic mass is 9.85. The summed E-state index contributed by atoms with van der Waals surface area (Å²) in [5.74, 6) is 0.958. The Hall–Kier alpha value is -1.38. The smallest absolute Gasteiger partial charge is 0.146 e. The fraction of sp³-hybridized carbons (Fsp3) is 0.538. The lowest BCUT2D eigenvalue weighted by Crippen LogP contribution is -2.30. The summed E-state index contributed by atoms with van der Waals surface area (Å²) in [5, 5.41) is 3.41. The second-order valence-corrected chi connectivity index (χ2v) is 5.55. The maximum atomic E-state index is 5.93. The average molecular weight is 220 g/mol. The molecule has 0 spiro atoms. The number of nitrogen functional groups attached to an aromatic ring is 1. The Labute approximate surface area is 97.0 Å². The molecule has 1 heterocycles. The second-order valence-electron chi connectivity index (χ2n) is 5.55. The third-order valence-electron chi connectivity index (χ3n) is 2.80. The van der Waals surface area contributed by atoms with Crippen molar-refractivity contribution >= 4 is 11.4 Å². The zero-order chi connectivity index (χ0) is 11.9. The van der Waals surface area contributed by atoms with Crippen molar-refractivity contribution < 1.29 is 4.74 Å². The minimum atomic E-state index is 0.0434. The molecule has 0 saturated carbocycles. The summed E-state index contributed by atoms with van der Waals surface area (Å²) in [7, 11) is 0. The van der Waals surface area contributed by atoms with E-state index in [-0.39, 0.29) is 5.41 Å². The van der Waals surface area contributed by atoms with Crippen molar-refractivity contribution in [3.63, 3.8) is 0 Å². The summed E-state index contributed by atoms with van der Waals surface area (Å²) < 4.78 is 5.83. The molecule has 1 aromatic rings. The van der Waals surface area contributed by atoms with Gasteiger partial charge in [-0.05, 0) is 24.5 Å². The van der Waals surface area contributed by atoms with Crippen LogP contribution in [0.4, 0.5) is 11.4 Å². The predicted molar refractivity (Wildman–Crippen MR) is 68.1 cm³/mol. The van der Waals surface area contributed by atoms with E-state index < -0.39 is 0 Å². The molecular formula is C13H20N2O. The van der Waals surface area contributed by atoms with Crippen LogP contribution in [0.2, 0.25) is 0 Å². The number of benzene rings is 1. The molecule has 3 nitrogen and oxygen atoms in total. The molecule has 1 unspecified atom stereocenters. The van der Waals surface area contributed by atoms with E-state index in [1.807, 2.05) is 12.1 Å². The molecule has 3 heteroatoms. The van der Waals surface area contributed by atoms with Crippen LogP contribution in [0.1, 0.15) is 33.3 Å². The molecule has 2 rings (SSSR count). The van der Waals surface area contributed by atoms with E-state index in [0.717, 1.165) is 17.1 Å². The van der Waals surface area contributed by atoms with Gasteiger partial charge in [0.2, 0.25) is 0 Å². The van der Waals surface area contributed by atoms with E-state index in [0.29, 0.717) is 12.6 Å². The van der Waals surface area contributed by atoms with Crippen molar-refractivity contribution in [1.82, 2.24) is 0 Å². The minimum Gasteiger partial charge on any atom is -0.489 e. The number of fused-ring (bicyclic) bond motifs is 1. The van der Waals surface area contributed by atoms with Crippen LogP contribution in [0.15, 0.2) is 12.1 Å². The van der Waals surface area contributed by atoms with Gasteiger partial charge in [-0.2, -0.15) is 0 Å². The fourth-order valence-electron chi connectivity index (χ4n) is 1.99. The van der Waals surface area contributed by atoms with E-state index >= 15 is 0 Å². The highest BCUT2D eigenvalue weighted by Gasteiger charge is 2.25. The van der Waals surface area contributed by atoms with Crippen LogP contribution in [0.3, 0.4) is 0 Å². The van der Waals surface area contributed by atoms with Gasteiger partial charge in [-0.3, -0.25) is 0 Å². The first-order valence-electron chi connectivity index (χ1n) is 5.71. The standard InChI is InChI=1S/C13H20N2O/c1-8-7-16-12-10(13(2,3)4)5-9(14)6-11(12)15-8/h5-6,8,15H,7,14H2,1-4H3. The molecule has 0 aliphatic carbocycles. The Kier molecular flexibility index (Phi) is 2.49. The molecule has 0 amide bonds. The molecule has 0 saturated heterocycles. The maximum absolute atomic E-state index is 5.93. The molecule has 1 aliphatic rings. The molecule has 1 atom stereocenters. The fourth-order valence-corrected chi connectivity index (χ4v) is 1.99. The summed E-state index contributed by atoms with van der Waals surface area (Å²) in [5.41, 5.74) is 8.94. The van der Waals surface area contributed by atoms with Crippen LogP contribution in [-0.2, 0) is 5.41 Å². The Bertz CT molecular complexity index is 407. The van der Waals surface area contributed by atoms with Crippen LogP contribution in [0, 0.1) is 0 Å². The van der Waals surface area contributed by atoms with Gasteiger partial charge in [0, 0.05) is 11.3 Å². The molecule has 0 fully saturated rings. The van der Waals surface area contributed by atoms with Crippen molar-refractivity contribution in [2.24, 2.45) is 0 Å². The van der Waals surface area contributed by atoms with Crippen molar-refractivity contribution in [3.05, 3.63) is 17.7 Å². The molecule has 1 aromatic carbocycles. The molecular weight excluding hydrogens is 200 g/mol. The van der Waals surface area contributed by atoms with Crippen molar-refractivity contribution in [2.75, 3.05) is 17.7 Å². The van der Waals surface area contributed by atoms with Gasteiger partial charge in [0.15, 0.2) is 0 Å². The van der Waals surface area contributed by atoms with Gasteiger partial charge in [-0.15, -0.1) is 0 Å². The van der Waals surface area contributed by atoms with E-state index in [1.165, 1.54) is 5.56 Å². The summed E-state index contributed by atoms with van der Waals surface area (Å²) in [6.07, 6.45) is 0. The van der Waals surface area contributed by atoms with Gasteiger partial charge in [-0.1, -0.05) is 20.8 Å². The number of nitrogens with one attached hydrogen (secondary N) is 1. The van der Waals surface area contributed by atoms with E-state index in [2.05, 4.69) is 33.0 Å². The molecule has 0 bridgehead atoms. The average Bonchev–Trinajstić information content (AvgIpc) is 2.14. The van der Waals surface area contributed by atoms with Crippen LogP contribution >= 0.6 is 0 Å². The van der Waals surface area contributed by atoms with Crippen molar-refractivity contribution in [3.8, 4) is 5.75 Å². The Morgan fingerprint density at radius 2 is 2.06 bits per heavy atom. The van der Waals surface area contributed by atoms with Gasteiger partial charge < -0.3 is 15.8 Å².